The number of carbonyl (C=O) groups is 2. The zero-order chi connectivity index (χ0) is 26.8. The van der Waals surface area contributed by atoms with Gasteiger partial charge in [-0.05, 0) is 53.6 Å². The molecular formula is C31H25NO7. The molecule has 8 heteroatoms. The van der Waals surface area contributed by atoms with Crippen LogP contribution in [0.25, 0.3) is 5.76 Å². The molecule has 0 radical (unpaired) electrons. The Labute approximate surface area is 224 Å². The predicted octanol–water partition coefficient (Wildman–Crippen LogP) is 5.25. The first kappa shape index (κ1) is 24.4. The largest absolute Gasteiger partial charge is 0.507 e. The number of ether oxygens (including phenoxy) is 3. The molecule has 1 saturated heterocycles. The van der Waals surface area contributed by atoms with Crippen LogP contribution in [-0.4, -0.2) is 34.9 Å². The lowest BCUT2D eigenvalue weighted by Crippen LogP contribution is -2.29. The minimum absolute atomic E-state index is 0.0246. The summed E-state index contributed by atoms with van der Waals surface area (Å²) in [6, 6.07) is 24.5. The summed E-state index contributed by atoms with van der Waals surface area (Å²) in [7, 11) is 0. The third-order valence-corrected chi connectivity index (χ3v) is 6.68. The highest BCUT2D eigenvalue weighted by atomic mass is 16.6. The molecule has 1 amide bonds. The maximum absolute atomic E-state index is 13.4. The van der Waals surface area contributed by atoms with Crippen molar-refractivity contribution in [3.05, 3.63) is 119 Å². The van der Waals surface area contributed by atoms with Crippen LogP contribution >= 0.6 is 0 Å². The van der Waals surface area contributed by atoms with E-state index in [1.54, 1.807) is 48.5 Å². The van der Waals surface area contributed by atoms with Crippen molar-refractivity contribution in [2.24, 2.45) is 0 Å². The second kappa shape index (κ2) is 10.4. The van der Waals surface area contributed by atoms with Crippen LogP contribution in [0.4, 0.5) is 0 Å². The molecule has 39 heavy (non-hydrogen) atoms. The zero-order valence-electron chi connectivity index (χ0n) is 20.9. The van der Waals surface area contributed by atoms with E-state index in [2.05, 4.69) is 0 Å². The molecule has 4 aromatic rings. The van der Waals surface area contributed by atoms with Gasteiger partial charge in [-0.1, -0.05) is 42.5 Å². The predicted molar refractivity (Wildman–Crippen MR) is 141 cm³/mol. The van der Waals surface area contributed by atoms with Gasteiger partial charge in [-0.15, -0.1) is 0 Å². The maximum Gasteiger partial charge on any atom is 0.296 e. The summed E-state index contributed by atoms with van der Waals surface area (Å²) in [5.74, 6) is 0.282. The highest BCUT2D eigenvalue weighted by molar-refractivity contribution is 6.46. The van der Waals surface area contributed by atoms with Crippen LogP contribution < -0.4 is 14.2 Å². The van der Waals surface area contributed by atoms with Crippen LogP contribution in [0.2, 0.25) is 0 Å². The van der Waals surface area contributed by atoms with Crippen molar-refractivity contribution >= 4 is 17.4 Å². The van der Waals surface area contributed by atoms with Gasteiger partial charge in [0.2, 0.25) is 0 Å². The van der Waals surface area contributed by atoms with Gasteiger partial charge in [-0.2, -0.15) is 0 Å². The summed E-state index contributed by atoms with van der Waals surface area (Å²) < 4.78 is 22.7. The number of carbonyl (C=O) groups excluding carboxylic acids is 2. The summed E-state index contributed by atoms with van der Waals surface area (Å²) in [6.07, 6.45) is 1.51. The van der Waals surface area contributed by atoms with Gasteiger partial charge < -0.3 is 28.6 Å². The first-order valence-electron chi connectivity index (χ1n) is 12.6. The topological polar surface area (TPSA) is 98.4 Å². The van der Waals surface area contributed by atoms with Gasteiger partial charge in [0.25, 0.3) is 11.7 Å². The number of rotatable bonds is 7. The smallest absolute Gasteiger partial charge is 0.296 e. The van der Waals surface area contributed by atoms with Crippen LogP contribution in [0.1, 0.15) is 28.5 Å². The lowest BCUT2D eigenvalue weighted by Gasteiger charge is -2.25. The molecule has 1 aromatic heterocycles. The van der Waals surface area contributed by atoms with Gasteiger partial charge in [0.15, 0.2) is 11.5 Å². The second-order valence-electron chi connectivity index (χ2n) is 9.21. The molecule has 0 bridgehead atoms. The molecule has 2 aliphatic rings. The van der Waals surface area contributed by atoms with Gasteiger partial charge in [0, 0.05) is 5.56 Å². The number of aliphatic hydroxyl groups is 1. The van der Waals surface area contributed by atoms with Crippen LogP contribution in [0.3, 0.4) is 0 Å². The Kier molecular flexibility index (Phi) is 6.50. The van der Waals surface area contributed by atoms with Gasteiger partial charge in [-0.25, -0.2) is 0 Å². The van der Waals surface area contributed by atoms with Crippen molar-refractivity contribution in [3.8, 4) is 17.2 Å². The van der Waals surface area contributed by atoms with Gasteiger partial charge in [0.1, 0.15) is 37.1 Å². The molecule has 0 unspecified atom stereocenters. The number of benzene rings is 3. The third-order valence-electron chi connectivity index (χ3n) is 6.68. The highest BCUT2D eigenvalue weighted by Gasteiger charge is 2.46. The number of amides is 1. The van der Waals surface area contributed by atoms with Crippen LogP contribution in [0, 0.1) is 0 Å². The number of ketones is 1. The minimum atomic E-state index is -0.872. The van der Waals surface area contributed by atoms with Gasteiger partial charge >= 0.3 is 0 Å². The van der Waals surface area contributed by atoms with E-state index < -0.39 is 17.7 Å². The number of fused-ring (bicyclic) bond motifs is 1. The number of aliphatic hydroxyl groups excluding tert-OH is 1. The van der Waals surface area contributed by atoms with E-state index in [4.69, 9.17) is 18.6 Å². The van der Waals surface area contributed by atoms with Crippen molar-refractivity contribution in [3.63, 3.8) is 0 Å². The van der Waals surface area contributed by atoms with Crippen molar-refractivity contribution in [1.29, 1.82) is 0 Å². The van der Waals surface area contributed by atoms with Gasteiger partial charge in [-0.3, -0.25) is 9.59 Å². The summed E-state index contributed by atoms with van der Waals surface area (Å²) in [5, 5.41) is 11.4. The van der Waals surface area contributed by atoms with Crippen molar-refractivity contribution in [2.75, 3.05) is 13.2 Å². The van der Waals surface area contributed by atoms with E-state index in [0.717, 1.165) is 5.56 Å². The van der Waals surface area contributed by atoms with Crippen LogP contribution in [0.5, 0.6) is 17.2 Å². The van der Waals surface area contributed by atoms with Gasteiger partial charge in [0.05, 0.1) is 24.4 Å². The quantitative estimate of drug-likeness (QED) is 0.201. The molecule has 1 fully saturated rings. The zero-order valence-corrected chi connectivity index (χ0v) is 20.9. The molecule has 0 saturated carbocycles. The molecule has 1 N–H and O–H groups in total. The number of Topliss-reactive ketones (excluding diaryl/α,β-unsaturated/α-hetero) is 1. The number of furan rings is 1. The third kappa shape index (κ3) is 4.84. The lowest BCUT2D eigenvalue weighted by atomic mass is 9.95. The molecule has 3 heterocycles. The molecular weight excluding hydrogens is 498 g/mol. The summed E-state index contributed by atoms with van der Waals surface area (Å²) >= 11 is 0. The Morgan fingerprint density at radius 1 is 0.897 bits per heavy atom. The van der Waals surface area contributed by atoms with E-state index in [9.17, 15) is 14.7 Å². The average Bonchev–Trinajstić information content (AvgIpc) is 3.58. The number of nitrogens with zero attached hydrogens (tertiary/aromatic N) is 1. The molecule has 0 aliphatic carbocycles. The highest BCUT2D eigenvalue weighted by Crippen LogP contribution is 2.42. The van der Waals surface area contributed by atoms with E-state index in [0.29, 0.717) is 54.0 Å². The molecule has 3 aromatic carbocycles. The fourth-order valence-electron chi connectivity index (χ4n) is 4.82. The van der Waals surface area contributed by atoms with Crippen LogP contribution in [0.15, 0.2) is 101 Å². The first-order valence-corrected chi connectivity index (χ1v) is 12.6. The van der Waals surface area contributed by atoms with Crippen molar-refractivity contribution in [1.82, 2.24) is 4.90 Å². The maximum atomic E-state index is 13.4. The molecule has 8 nitrogen and oxygen atoms in total. The average molecular weight is 524 g/mol. The number of hydrogen-bond acceptors (Lipinski definition) is 7. The number of likely N-dealkylation sites (tertiary alicyclic amines) is 1. The molecule has 2 aliphatic heterocycles. The monoisotopic (exact) mass is 523 g/mol. The summed E-state index contributed by atoms with van der Waals surface area (Å²) in [5.41, 5.74) is 1.94. The fraction of sp³-hybridized carbons (Fsp3) is 0.161. The van der Waals surface area contributed by atoms with Crippen LogP contribution in [-0.2, 0) is 22.7 Å². The van der Waals surface area contributed by atoms with E-state index in [1.807, 2.05) is 36.4 Å². The summed E-state index contributed by atoms with van der Waals surface area (Å²) in [6.45, 7) is 1.21. The minimum Gasteiger partial charge on any atom is -0.507 e. The standard InChI is InChI=1S/C31H25NO7/c33-29(22-11-12-25-26(17-22)38-15-14-37-25)27-28(32(31(35)30(27)34)18-24-10-5-13-36-24)21-8-4-9-23(16-21)39-19-20-6-2-1-3-7-20/h1-13,16-17,28,33H,14-15,18-19H2/t28-/m1/s1. The molecule has 196 valence electrons. The van der Waals surface area contributed by atoms with Crippen molar-refractivity contribution in [2.45, 2.75) is 19.2 Å². The Bertz CT molecular complexity index is 1540. The first-order chi connectivity index (χ1) is 19.1. The molecule has 1 atom stereocenters. The van der Waals surface area contributed by atoms with E-state index in [1.165, 1.54) is 11.2 Å². The Morgan fingerprint density at radius 2 is 1.72 bits per heavy atom. The Hall–Kier alpha value is -4.98. The van der Waals surface area contributed by atoms with Crippen molar-refractivity contribution < 1.29 is 33.3 Å². The second-order valence-corrected chi connectivity index (χ2v) is 9.21. The SMILES string of the molecule is O=C1C(=O)N(Cc2ccco2)[C@H](c2cccc(OCc3ccccc3)c2)C1=C(O)c1ccc2c(c1)OCCO2. The fourth-order valence-corrected chi connectivity index (χ4v) is 4.82. The Balaban J connectivity index is 1.40. The van der Waals surface area contributed by atoms with E-state index >= 15 is 0 Å². The lowest BCUT2D eigenvalue weighted by molar-refractivity contribution is -0.140. The van der Waals surface area contributed by atoms with E-state index in [-0.39, 0.29) is 17.9 Å². The molecule has 6 rings (SSSR count). The summed E-state index contributed by atoms with van der Waals surface area (Å²) in [4.78, 5) is 28.1. The Morgan fingerprint density at radius 3 is 2.51 bits per heavy atom. The number of hydrogen-bond donors (Lipinski definition) is 1. The molecule has 0 spiro atoms. The normalized spacial score (nSPS) is 17.8.